The van der Waals surface area contributed by atoms with Crippen molar-refractivity contribution in [2.24, 2.45) is 5.92 Å². The van der Waals surface area contributed by atoms with Crippen LogP contribution in [-0.2, 0) is 33.0 Å². The highest BCUT2D eigenvalue weighted by Gasteiger charge is 2.52. The molecule has 4 atom stereocenters. The van der Waals surface area contributed by atoms with Gasteiger partial charge in [-0.05, 0) is 105 Å². The van der Waals surface area contributed by atoms with Crippen LogP contribution in [0.15, 0.2) is 72.8 Å². The maximum absolute atomic E-state index is 14.2. The third-order valence-corrected chi connectivity index (χ3v) is 10.8. The number of halogens is 1. The summed E-state index contributed by atoms with van der Waals surface area (Å²) in [6.07, 6.45) is 7.02. The molecular formula is C41H49ClN4O7. The van der Waals surface area contributed by atoms with E-state index in [1.54, 1.807) is 52.0 Å². The Morgan fingerprint density at radius 1 is 1.08 bits per heavy atom. The number of fused-ring (bicyclic) bond motifs is 2. The molecule has 1 fully saturated rings. The van der Waals surface area contributed by atoms with Gasteiger partial charge in [-0.3, -0.25) is 19.3 Å². The number of aliphatic hydroxyl groups excluding tert-OH is 2. The number of rotatable bonds is 15. The average Bonchev–Trinajstić information content (AvgIpc) is 3.72. The average molecular weight is 745 g/mol. The number of benzene rings is 3. The number of amides is 3. The third-order valence-electron chi connectivity index (χ3n) is 10.6. The fourth-order valence-electron chi connectivity index (χ4n) is 7.71. The van der Waals surface area contributed by atoms with Gasteiger partial charge in [0.1, 0.15) is 5.75 Å². The molecule has 282 valence electrons. The van der Waals surface area contributed by atoms with Gasteiger partial charge >= 0.3 is 0 Å². The van der Waals surface area contributed by atoms with Crippen molar-refractivity contribution in [3.63, 3.8) is 0 Å². The number of nitrogens with zero attached hydrogens (tertiary/aromatic N) is 3. The van der Waals surface area contributed by atoms with E-state index in [0.717, 1.165) is 41.8 Å². The zero-order chi connectivity index (χ0) is 37.7. The Bertz CT molecular complexity index is 1840. The summed E-state index contributed by atoms with van der Waals surface area (Å²) in [5.41, 5.74) is 2.26. The van der Waals surface area contributed by atoms with Gasteiger partial charge in [-0.25, -0.2) is 0 Å². The minimum absolute atomic E-state index is 0.0685. The summed E-state index contributed by atoms with van der Waals surface area (Å²) in [5, 5.41) is 34.7. The predicted octanol–water partition coefficient (Wildman–Crippen LogP) is 4.99. The van der Waals surface area contributed by atoms with Crippen molar-refractivity contribution in [1.82, 2.24) is 10.2 Å². The van der Waals surface area contributed by atoms with Crippen molar-refractivity contribution in [3.8, 4) is 5.75 Å². The van der Waals surface area contributed by atoms with Gasteiger partial charge in [0.05, 0.1) is 43.2 Å². The smallest absolute Gasteiger partial charge is 0.264 e. The van der Waals surface area contributed by atoms with E-state index in [0.29, 0.717) is 54.5 Å². The lowest BCUT2D eigenvalue weighted by molar-refractivity contribution is -0.139. The first-order chi connectivity index (χ1) is 25.6. The molecular weight excluding hydrogens is 696 g/mol. The van der Waals surface area contributed by atoms with Gasteiger partial charge < -0.3 is 35.2 Å². The number of hydrogen-bond donors (Lipinski definition) is 4. The summed E-state index contributed by atoms with van der Waals surface area (Å²) < 4.78 is 5.76. The van der Waals surface area contributed by atoms with E-state index in [1.165, 1.54) is 0 Å². The van der Waals surface area contributed by atoms with Crippen LogP contribution in [0.1, 0.15) is 62.6 Å². The molecule has 0 aliphatic carbocycles. The highest BCUT2D eigenvalue weighted by Crippen LogP contribution is 2.47. The second-order valence-electron chi connectivity index (χ2n) is 14.0. The van der Waals surface area contributed by atoms with Gasteiger partial charge in [-0.1, -0.05) is 42.8 Å². The molecule has 3 amide bonds. The van der Waals surface area contributed by atoms with Gasteiger partial charge in [0.2, 0.25) is 11.8 Å². The SMILES string of the molecule is CCOc1ccc2c(c1)CC(NCCCCO)C(=O)N2c1ccc(CN2C(=O)[C@@](O)([C@@H](C)/C=C/CC(=O)N3CCC[C@H]3CO)c3cc(Cl)ccc32)cc1. The molecule has 0 saturated carbocycles. The minimum Gasteiger partial charge on any atom is -0.494 e. The van der Waals surface area contributed by atoms with E-state index in [2.05, 4.69) is 5.32 Å². The predicted molar refractivity (Wildman–Crippen MR) is 204 cm³/mol. The molecule has 6 rings (SSSR count). The molecule has 0 spiro atoms. The molecule has 11 nitrogen and oxygen atoms in total. The van der Waals surface area contributed by atoms with E-state index < -0.39 is 23.5 Å². The maximum atomic E-state index is 14.2. The van der Waals surface area contributed by atoms with Crippen LogP contribution in [0.5, 0.6) is 5.75 Å². The minimum atomic E-state index is -1.91. The lowest BCUT2D eigenvalue weighted by Gasteiger charge is -2.35. The first-order valence-electron chi connectivity index (χ1n) is 18.5. The number of likely N-dealkylation sites (tertiary alicyclic amines) is 1. The van der Waals surface area contributed by atoms with Crippen LogP contribution in [0.2, 0.25) is 5.02 Å². The Morgan fingerprint density at radius 3 is 2.58 bits per heavy atom. The van der Waals surface area contributed by atoms with Crippen LogP contribution in [0.4, 0.5) is 17.1 Å². The van der Waals surface area contributed by atoms with Crippen molar-refractivity contribution in [3.05, 3.63) is 94.5 Å². The highest BCUT2D eigenvalue weighted by molar-refractivity contribution is 6.31. The summed E-state index contributed by atoms with van der Waals surface area (Å²) in [6.45, 7) is 5.61. The highest BCUT2D eigenvalue weighted by atomic mass is 35.5. The fraction of sp³-hybridized carbons (Fsp3) is 0.439. The van der Waals surface area contributed by atoms with E-state index in [9.17, 15) is 29.7 Å². The van der Waals surface area contributed by atoms with Crippen molar-refractivity contribution < 1.29 is 34.4 Å². The number of carbonyl (C=O) groups is 3. The van der Waals surface area contributed by atoms with Crippen LogP contribution in [0, 0.1) is 5.92 Å². The topological polar surface area (TPSA) is 143 Å². The Balaban J connectivity index is 1.21. The number of aliphatic hydroxyl groups is 3. The molecule has 4 N–H and O–H groups in total. The first-order valence-corrected chi connectivity index (χ1v) is 18.9. The molecule has 3 aromatic carbocycles. The Kier molecular flexibility index (Phi) is 12.2. The van der Waals surface area contributed by atoms with Crippen LogP contribution >= 0.6 is 11.6 Å². The summed E-state index contributed by atoms with van der Waals surface area (Å²) in [5.74, 6) is -0.622. The Hall–Kier alpha value is -4.26. The summed E-state index contributed by atoms with van der Waals surface area (Å²) in [7, 11) is 0. The standard InChI is InChI=1S/C41H49ClN4O7/c1-3-53-33-16-18-36-29(22-33)23-35(43-19-4-5-21-47)39(50)46(36)31-14-11-28(12-15-31)25-45-37-17-13-30(42)24-34(37)41(52,40(45)51)27(2)8-6-10-38(49)44-20-7-9-32(44)26-48/h6,8,11-18,22,24,27,32,35,43,47-48,52H,3-5,7,9-10,19-21,23,25-26H2,1-2H3/b8-6+/t27-,32-,35?,41+/m0/s1. The zero-order valence-electron chi connectivity index (χ0n) is 30.3. The molecule has 1 unspecified atom stereocenters. The number of anilines is 3. The zero-order valence-corrected chi connectivity index (χ0v) is 31.1. The summed E-state index contributed by atoms with van der Waals surface area (Å²) in [6, 6.07) is 17.7. The molecule has 0 aromatic heterocycles. The molecule has 3 aliphatic rings. The molecule has 0 radical (unpaired) electrons. The molecule has 3 aromatic rings. The van der Waals surface area contributed by atoms with E-state index in [-0.39, 0.29) is 44.0 Å². The first kappa shape index (κ1) is 38.5. The van der Waals surface area contributed by atoms with Crippen LogP contribution in [-0.4, -0.2) is 82.9 Å². The molecule has 0 bridgehead atoms. The van der Waals surface area contributed by atoms with Crippen molar-refractivity contribution in [2.45, 2.75) is 76.6 Å². The van der Waals surface area contributed by atoms with Gasteiger partial charge in [0.25, 0.3) is 5.91 Å². The fourth-order valence-corrected chi connectivity index (χ4v) is 7.89. The lowest BCUT2D eigenvalue weighted by Crippen LogP contribution is -2.49. The lowest BCUT2D eigenvalue weighted by atomic mass is 9.83. The van der Waals surface area contributed by atoms with Gasteiger partial charge in [0, 0.05) is 41.8 Å². The van der Waals surface area contributed by atoms with Crippen LogP contribution in [0.25, 0.3) is 0 Å². The second kappa shape index (κ2) is 16.8. The molecule has 3 heterocycles. The molecule has 12 heteroatoms. The van der Waals surface area contributed by atoms with E-state index >= 15 is 0 Å². The number of hydrogen-bond acceptors (Lipinski definition) is 8. The molecule has 3 aliphatic heterocycles. The van der Waals surface area contributed by atoms with Crippen LogP contribution in [0.3, 0.4) is 0 Å². The second-order valence-corrected chi connectivity index (χ2v) is 14.4. The maximum Gasteiger partial charge on any atom is 0.264 e. The largest absolute Gasteiger partial charge is 0.494 e. The number of unbranched alkanes of at least 4 members (excludes halogenated alkanes) is 1. The summed E-state index contributed by atoms with van der Waals surface area (Å²) in [4.78, 5) is 45.9. The summed E-state index contributed by atoms with van der Waals surface area (Å²) >= 11 is 6.39. The number of ether oxygens (including phenoxy) is 1. The van der Waals surface area contributed by atoms with Crippen LogP contribution < -0.4 is 19.9 Å². The van der Waals surface area contributed by atoms with Gasteiger partial charge in [0.15, 0.2) is 5.60 Å². The van der Waals surface area contributed by atoms with E-state index in [1.807, 2.05) is 49.4 Å². The number of nitrogens with one attached hydrogen (secondary N) is 1. The van der Waals surface area contributed by atoms with Crippen molar-refractivity contribution in [1.29, 1.82) is 0 Å². The Labute approximate surface area is 315 Å². The molecule has 1 saturated heterocycles. The molecule has 53 heavy (non-hydrogen) atoms. The third kappa shape index (κ3) is 7.86. The quantitative estimate of drug-likeness (QED) is 0.126. The van der Waals surface area contributed by atoms with Gasteiger partial charge in [-0.15, -0.1) is 0 Å². The van der Waals surface area contributed by atoms with Gasteiger partial charge in [-0.2, -0.15) is 0 Å². The van der Waals surface area contributed by atoms with Crippen molar-refractivity contribution >= 4 is 46.4 Å². The van der Waals surface area contributed by atoms with E-state index in [4.69, 9.17) is 16.3 Å². The monoisotopic (exact) mass is 744 g/mol. The number of carbonyl (C=O) groups excluding carboxylic acids is 3. The Morgan fingerprint density at radius 2 is 1.85 bits per heavy atom. The van der Waals surface area contributed by atoms with Crippen molar-refractivity contribution in [2.75, 3.05) is 42.7 Å². The normalized spacial score (nSPS) is 21.7.